The second-order valence-corrected chi connectivity index (χ2v) is 4.22. The molecule has 0 atom stereocenters. The molecule has 0 spiro atoms. The lowest BCUT2D eigenvalue weighted by Gasteiger charge is -2.20. The Morgan fingerprint density at radius 1 is 1.00 bits per heavy atom. The minimum absolute atomic E-state index is 0.163. The van der Waals surface area contributed by atoms with Crippen LogP contribution in [0.15, 0.2) is 0 Å². The van der Waals surface area contributed by atoms with Crippen molar-refractivity contribution in [2.75, 3.05) is 46.7 Å². The number of methoxy groups -OCH3 is 1. The predicted octanol–water partition coefficient (Wildman–Crippen LogP) is 1.35. The zero-order valence-corrected chi connectivity index (χ0v) is 10.5. The lowest BCUT2D eigenvalue weighted by molar-refractivity contribution is -0.166. The molecular formula is C11H20F3NO3. The van der Waals surface area contributed by atoms with Crippen molar-refractivity contribution in [1.29, 1.82) is 0 Å². The molecule has 0 saturated heterocycles. The highest BCUT2D eigenvalue weighted by molar-refractivity contribution is 5.07. The van der Waals surface area contributed by atoms with E-state index in [1.54, 1.807) is 7.11 Å². The molecule has 0 radical (unpaired) electrons. The molecule has 0 aliphatic heterocycles. The maximum Gasteiger partial charge on any atom is 0.406 e. The minimum Gasteiger partial charge on any atom is -0.382 e. The molecule has 108 valence electrons. The van der Waals surface area contributed by atoms with Crippen LogP contribution < -0.4 is 5.32 Å². The van der Waals surface area contributed by atoms with Crippen LogP contribution in [-0.4, -0.2) is 58.4 Å². The van der Waals surface area contributed by atoms with E-state index in [1.165, 1.54) is 0 Å². The van der Waals surface area contributed by atoms with Crippen LogP contribution in [0.25, 0.3) is 0 Å². The third kappa shape index (κ3) is 5.09. The SMILES string of the molecule is COCCOCCOCCNC1(C(F)(F)F)CC1. The maximum atomic E-state index is 12.5. The van der Waals surface area contributed by atoms with Crippen molar-refractivity contribution in [3.8, 4) is 0 Å². The summed E-state index contributed by atoms with van der Waals surface area (Å²) >= 11 is 0. The quantitative estimate of drug-likeness (QED) is 0.609. The summed E-state index contributed by atoms with van der Waals surface area (Å²) in [6.45, 7) is 2.28. The van der Waals surface area contributed by atoms with Gasteiger partial charge in [-0.3, -0.25) is 0 Å². The molecule has 1 aliphatic rings. The molecule has 0 aromatic heterocycles. The topological polar surface area (TPSA) is 39.7 Å². The Morgan fingerprint density at radius 3 is 2.06 bits per heavy atom. The summed E-state index contributed by atoms with van der Waals surface area (Å²) < 4.78 is 52.6. The molecule has 0 amide bonds. The standard InChI is InChI=1S/C11H20F3NO3/c1-16-6-7-18-9-8-17-5-4-15-10(2-3-10)11(12,13)14/h15H,2-9H2,1H3. The first-order chi connectivity index (χ1) is 8.52. The van der Waals surface area contributed by atoms with E-state index in [-0.39, 0.29) is 26.0 Å². The number of halogens is 3. The van der Waals surface area contributed by atoms with Gasteiger partial charge in [0, 0.05) is 13.7 Å². The normalized spacial score (nSPS) is 18.0. The molecule has 1 fully saturated rings. The Balaban J connectivity index is 1.90. The number of ether oxygens (including phenoxy) is 3. The Bertz CT molecular complexity index is 232. The highest BCUT2D eigenvalue weighted by Gasteiger charge is 2.62. The summed E-state index contributed by atoms with van der Waals surface area (Å²) in [6.07, 6.45) is -3.83. The third-order valence-corrected chi connectivity index (χ3v) is 2.81. The molecule has 0 aromatic carbocycles. The van der Waals surface area contributed by atoms with Gasteiger partial charge in [-0.15, -0.1) is 0 Å². The molecule has 18 heavy (non-hydrogen) atoms. The first kappa shape index (κ1) is 15.7. The van der Waals surface area contributed by atoms with Crippen molar-refractivity contribution in [2.45, 2.75) is 24.6 Å². The van der Waals surface area contributed by atoms with Gasteiger partial charge in [0.2, 0.25) is 0 Å². The van der Waals surface area contributed by atoms with Gasteiger partial charge in [-0.05, 0) is 12.8 Å². The number of hydrogen-bond acceptors (Lipinski definition) is 4. The molecule has 4 nitrogen and oxygen atoms in total. The zero-order chi connectivity index (χ0) is 13.5. The van der Waals surface area contributed by atoms with Crippen molar-refractivity contribution in [1.82, 2.24) is 5.32 Å². The summed E-state index contributed by atoms with van der Waals surface area (Å²) in [6, 6.07) is 0. The molecule has 0 bridgehead atoms. The van der Waals surface area contributed by atoms with Crippen molar-refractivity contribution in [2.24, 2.45) is 0 Å². The van der Waals surface area contributed by atoms with Gasteiger partial charge in [0.05, 0.1) is 33.0 Å². The molecular weight excluding hydrogens is 251 g/mol. The van der Waals surface area contributed by atoms with Crippen LogP contribution in [-0.2, 0) is 14.2 Å². The van der Waals surface area contributed by atoms with E-state index in [1.807, 2.05) is 0 Å². The van der Waals surface area contributed by atoms with Crippen LogP contribution in [0.2, 0.25) is 0 Å². The smallest absolute Gasteiger partial charge is 0.382 e. The van der Waals surface area contributed by atoms with Crippen molar-refractivity contribution < 1.29 is 27.4 Å². The van der Waals surface area contributed by atoms with E-state index in [4.69, 9.17) is 14.2 Å². The Morgan fingerprint density at radius 2 is 1.56 bits per heavy atom. The van der Waals surface area contributed by atoms with E-state index < -0.39 is 11.7 Å². The van der Waals surface area contributed by atoms with Gasteiger partial charge in [-0.2, -0.15) is 13.2 Å². The molecule has 0 aromatic rings. The van der Waals surface area contributed by atoms with E-state index in [0.717, 1.165) is 0 Å². The van der Waals surface area contributed by atoms with Crippen LogP contribution in [0.1, 0.15) is 12.8 Å². The van der Waals surface area contributed by atoms with Crippen molar-refractivity contribution >= 4 is 0 Å². The zero-order valence-electron chi connectivity index (χ0n) is 10.5. The molecule has 0 unspecified atom stereocenters. The number of hydrogen-bond donors (Lipinski definition) is 1. The summed E-state index contributed by atoms with van der Waals surface area (Å²) in [4.78, 5) is 0. The largest absolute Gasteiger partial charge is 0.406 e. The summed E-state index contributed by atoms with van der Waals surface area (Å²) in [5, 5.41) is 2.51. The van der Waals surface area contributed by atoms with Gasteiger partial charge in [-0.25, -0.2) is 0 Å². The molecule has 1 aliphatic carbocycles. The van der Waals surface area contributed by atoms with E-state index in [2.05, 4.69) is 5.32 Å². The number of nitrogens with one attached hydrogen (secondary N) is 1. The summed E-state index contributed by atoms with van der Waals surface area (Å²) in [5.74, 6) is 0. The van der Waals surface area contributed by atoms with Gasteiger partial charge in [0.15, 0.2) is 0 Å². The molecule has 1 N–H and O–H groups in total. The van der Waals surface area contributed by atoms with Gasteiger partial charge in [0.25, 0.3) is 0 Å². The lowest BCUT2D eigenvalue weighted by Crippen LogP contribution is -2.46. The predicted molar refractivity (Wildman–Crippen MR) is 59.5 cm³/mol. The lowest BCUT2D eigenvalue weighted by atomic mass is 10.2. The highest BCUT2D eigenvalue weighted by Crippen LogP contribution is 2.48. The highest BCUT2D eigenvalue weighted by atomic mass is 19.4. The molecule has 0 heterocycles. The van der Waals surface area contributed by atoms with Crippen LogP contribution >= 0.6 is 0 Å². The second-order valence-electron chi connectivity index (χ2n) is 4.22. The van der Waals surface area contributed by atoms with Crippen molar-refractivity contribution in [3.63, 3.8) is 0 Å². The van der Waals surface area contributed by atoms with E-state index in [0.29, 0.717) is 26.4 Å². The number of alkyl halides is 3. The fraction of sp³-hybridized carbons (Fsp3) is 1.00. The Kier molecular flexibility index (Phi) is 6.34. The van der Waals surface area contributed by atoms with Gasteiger partial charge >= 0.3 is 6.18 Å². The van der Waals surface area contributed by atoms with Crippen LogP contribution in [0.5, 0.6) is 0 Å². The monoisotopic (exact) mass is 271 g/mol. The third-order valence-electron chi connectivity index (χ3n) is 2.81. The summed E-state index contributed by atoms with van der Waals surface area (Å²) in [7, 11) is 1.58. The van der Waals surface area contributed by atoms with Gasteiger partial charge < -0.3 is 19.5 Å². The Hall–Kier alpha value is -0.370. The Labute approximate surface area is 105 Å². The fourth-order valence-corrected chi connectivity index (χ4v) is 1.51. The average Bonchev–Trinajstić information content (AvgIpc) is 3.07. The van der Waals surface area contributed by atoms with Crippen molar-refractivity contribution in [3.05, 3.63) is 0 Å². The number of rotatable bonds is 10. The van der Waals surface area contributed by atoms with Crippen LogP contribution in [0.4, 0.5) is 13.2 Å². The first-order valence-electron chi connectivity index (χ1n) is 5.98. The van der Waals surface area contributed by atoms with E-state index >= 15 is 0 Å². The summed E-state index contributed by atoms with van der Waals surface area (Å²) in [5.41, 5.74) is -1.65. The van der Waals surface area contributed by atoms with Crippen LogP contribution in [0.3, 0.4) is 0 Å². The fourth-order valence-electron chi connectivity index (χ4n) is 1.51. The van der Waals surface area contributed by atoms with E-state index in [9.17, 15) is 13.2 Å². The molecule has 1 rings (SSSR count). The minimum atomic E-state index is -4.16. The second kappa shape index (κ2) is 7.28. The first-order valence-corrected chi connectivity index (χ1v) is 5.98. The van der Waals surface area contributed by atoms with Gasteiger partial charge in [-0.1, -0.05) is 0 Å². The molecule has 1 saturated carbocycles. The maximum absolute atomic E-state index is 12.5. The van der Waals surface area contributed by atoms with Gasteiger partial charge in [0.1, 0.15) is 5.54 Å². The molecule has 7 heteroatoms. The average molecular weight is 271 g/mol. The van der Waals surface area contributed by atoms with Crippen LogP contribution in [0, 0.1) is 0 Å².